The minimum absolute atomic E-state index is 0.0401. The summed E-state index contributed by atoms with van der Waals surface area (Å²) >= 11 is 0. The smallest absolute Gasteiger partial charge is 0.276 e. The molecule has 0 bridgehead atoms. The van der Waals surface area contributed by atoms with Crippen molar-refractivity contribution in [2.75, 3.05) is 18.5 Å². The first-order valence-electron chi connectivity index (χ1n) is 10.8. The molecule has 2 fully saturated rings. The van der Waals surface area contributed by atoms with Crippen molar-refractivity contribution in [1.82, 2.24) is 9.97 Å². The molecule has 168 valence electrons. The van der Waals surface area contributed by atoms with E-state index in [1.807, 2.05) is 0 Å². The van der Waals surface area contributed by atoms with Gasteiger partial charge < -0.3 is 14.8 Å². The monoisotopic (exact) mass is 435 g/mol. The molecule has 2 heterocycles. The third-order valence-corrected chi connectivity index (χ3v) is 5.96. The highest BCUT2D eigenvalue weighted by Crippen LogP contribution is 2.45. The number of hydrogen-bond acceptors (Lipinski definition) is 5. The van der Waals surface area contributed by atoms with Crippen LogP contribution in [0.15, 0.2) is 24.3 Å². The summed E-state index contributed by atoms with van der Waals surface area (Å²) in [5.74, 6) is -2.64. The number of aryl methyl sites for hydroxylation is 1. The van der Waals surface area contributed by atoms with Gasteiger partial charge in [0.05, 0.1) is 24.5 Å². The van der Waals surface area contributed by atoms with E-state index in [1.54, 1.807) is 25.1 Å². The van der Waals surface area contributed by atoms with Crippen LogP contribution in [0, 0.1) is 12.8 Å². The van der Waals surface area contributed by atoms with Gasteiger partial charge in [0.2, 0.25) is 0 Å². The number of aromatic nitrogens is 2. The van der Waals surface area contributed by atoms with Crippen LogP contribution in [0.1, 0.15) is 73.3 Å². The van der Waals surface area contributed by atoms with Gasteiger partial charge in [-0.15, -0.1) is 0 Å². The van der Waals surface area contributed by atoms with E-state index in [9.17, 15) is 13.2 Å². The summed E-state index contributed by atoms with van der Waals surface area (Å²) in [5.41, 5.74) is 1.37. The second kappa shape index (κ2) is 9.12. The highest BCUT2D eigenvalue weighted by atomic mass is 19.3. The molecule has 1 aliphatic carbocycles. The maximum atomic E-state index is 15.0. The number of anilines is 1. The Morgan fingerprint density at radius 3 is 2.55 bits per heavy atom. The van der Waals surface area contributed by atoms with E-state index in [0.717, 1.165) is 12.8 Å². The number of nitrogens with zero attached hydrogens (tertiary/aromatic N) is 2. The molecule has 31 heavy (non-hydrogen) atoms. The molecule has 1 aromatic heterocycles. The van der Waals surface area contributed by atoms with Crippen LogP contribution in [-0.2, 0) is 21.9 Å². The Balaban J connectivity index is 1.58. The second-order valence-electron chi connectivity index (χ2n) is 8.27. The predicted octanol–water partition coefficient (Wildman–Crippen LogP) is 5.76. The van der Waals surface area contributed by atoms with Crippen LogP contribution in [0.25, 0.3) is 0 Å². The maximum Gasteiger partial charge on any atom is 0.276 e. The lowest BCUT2D eigenvalue weighted by molar-refractivity contribution is -0.0626. The van der Waals surface area contributed by atoms with E-state index in [1.165, 1.54) is 13.0 Å². The fourth-order valence-electron chi connectivity index (χ4n) is 4.40. The average molecular weight is 435 g/mol. The van der Waals surface area contributed by atoms with Crippen LogP contribution in [0.2, 0.25) is 0 Å². The van der Waals surface area contributed by atoms with Crippen molar-refractivity contribution in [2.45, 2.75) is 64.5 Å². The Kier molecular flexibility index (Phi) is 6.48. The zero-order chi connectivity index (χ0) is 22.0. The summed E-state index contributed by atoms with van der Waals surface area (Å²) in [6.45, 7) is 4.14. The summed E-state index contributed by atoms with van der Waals surface area (Å²) in [4.78, 5) is 8.65. The lowest BCUT2D eigenvalue weighted by Gasteiger charge is -2.24. The molecule has 2 aliphatic rings. The molecule has 1 N–H and O–H groups in total. The van der Waals surface area contributed by atoms with Gasteiger partial charge in [-0.2, -0.15) is 0 Å². The number of ether oxygens (including phenoxy) is 2. The van der Waals surface area contributed by atoms with E-state index < -0.39 is 24.3 Å². The molecule has 1 aliphatic heterocycles. The number of rotatable bonds is 7. The van der Waals surface area contributed by atoms with Crippen LogP contribution < -0.4 is 5.32 Å². The van der Waals surface area contributed by atoms with Crippen molar-refractivity contribution in [3.8, 4) is 0 Å². The summed E-state index contributed by atoms with van der Waals surface area (Å²) in [6, 6.07) is 6.47. The van der Waals surface area contributed by atoms with Crippen LogP contribution in [0.5, 0.6) is 0 Å². The van der Waals surface area contributed by atoms with Crippen molar-refractivity contribution in [1.29, 1.82) is 0 Å². The van der Waals surface area contributed by atoms with Crippen LogP contribution in [0.3, 0.4) is 0 Å². The first kappa shape index (κ1) is 22.0. The number of alkyl halides is 3. The molecule has 1 saturated heterocycles. The lowest BCUT2D eigenvalue weighted by Crippen LogP contribution is -2.23. The van der Waals surface area contributed by atoms with E-state index >= 15 is 0 Å². The topological polar surface area (TPSA) is 56.3 Å². The number of nitrogens with one attached hydrogen (secondary N) is 1. The summed E-state index contributed by atoms with van der Waals surface area (Å²) in [6.07, 6.45) is 0.749. The second-order valence-corrected chi connectivity index (χ2v) is 8.27. The molecule has 1 saturated carbocycles. The summed E-state index contributed by atoms with van der Waals surface area (Å²) < 4.78 is 55.3. The Hall–Kier alpha value is -2.19. The zero-order valence-corrected chi connectivity index (χ0v) is 17.8. The third kappa shape index (κ3) is 4.70. The minimum atomic E-state index is -2.84. The first-order valence-corrected chi connectivity index (χ1v) is 10.8. The van der Waals surface area contributed by atoms with Crippen molar-refractivity contribution in [3.63, 3.8) is 0 Å². The molecule has 2 aromatic rings. The van der Waals surface area contributed by atoms with Gasteiger partial charge in [0.25, 0.3) is 5.92 Å². The molecule has 8 heteroatoms. The molecule has 0 amide bonds. The van der Waals surface area contributed by atoms with Gasteiger partial charge in [-0.25, -0.2) is 23.1 Å². The van der Waals surface area contributed by atoms with E-state index in [4.69, 9.17) is 9.47 Å². The van der Waals surface area contributed by atoms with Gasteiger partial charge in [0.1, 0.15) is 17.8 Å². The van der Waals surface area contributed by atoms with Gasteiger partial charge in [0, 0.05) is 18.0 Å². The van der Waals surface area contributed by atoms with E-state index in [0.29, 0.717) is 48.8 Å². The highest BCUT2D eigenvalue weighted by Gasteiger charge is 2.42. The number of hydrogen-bond donors (Lipinski definition) is 1. The quantitative estimate of drug-likeness (QED) is 0.600. The first-order chi connectivity index (χ1) is 14.9. The Labute approximate surface area is 180 Å². The van der Waals surface area contributed by atoms with Gasteiger partial charge >= 0.3 is 0 Å². The van der Waals surface area contributed by atoms with Crippen LogP contribution in [-0.4, -0.2) is 23.2 Å². The Morgan fingerprint density at radius 1 is 1.16 bits per heavy atom. The number of benzene rings is 1. The zero-order valence-electron chi connectivity index (χ0n) is 17.8. The largest absolute Gasteiger partial charge is 0.365 e. The Morgan fingerprint density at radius 2 is 1.87 bits per heavy atom. The third-order valence-electron chi connectivity index (χ3n) is 5.96. The summed E-state index contributed by atoms with van der Waals surface area (Å²) in [5, 5.41) is 3.17. The summed E-state index contributed by atoms with van der Waals surface area (Å²) in [7, 11) is 0. The fourth-order valence-corrected chi connectivity index (χ4v) is 4.40. The molecular formula is C23H28F3N3O2. The predicted molar refractivity (Wildman–Crippen MR) is 111 cm³/mol. The lowest BCUT2D eigenvalue weighted by atomic mass is 9.92. The van der Waals surface area contributed by atoms with E-state index in [2.05, 4.69) is 15.3 Å². The van der Waals surface area contributed by atoms with Gasteiger partial charge in [-0.1, -0.05) is 31.0 Å². The molecule has 1 atom stereocenters. The highest BCUT2D eigenvalue weighted by molar-refractivity contribution is 5.49. The molecular weight excluding hydrogens is 407 g/mol. The van der Waals surface area contributed by atoms with E-state index in [-0.39, 0.29) is 17.8 Å². The van der Waals surface area contributed by atoms with Crippen molar-refractivity contribution < 1.29 is 22.6 Å². The standard InChI is InChI=1S/C23H28F3N3O2/c1-14(24)20-19(22-30-10-11-31-22)21(29-15(2)28-20)27-13-16-6-5-9-18(12-16)23(25,26)17-7-3-4-8-17/h5-6,9,12,14,17,22H,3-4,7-8,10-11,13H2,1-2H3,(H,27,28,29). The van der Waals surface area contributed by atoms with Crippen LogP contribution >= 0.6 is 0 Å². The Bertz CT molecular complexity index is 911. The molecule has 0 spiro atoms. The van der Waals surface area contributed by atoms with Crippen molar-refractivity contribution in [3.05, 3.63) is 52.5 Å². The molecule has 1 unspecified atom stereocenters. The molecule has 5 nitrogen and oxygen atoms in total. The average Bonchev–Trinajstić information content (AvgIpc) is 3.46. The SMILES string of the molecule is Cc1nc(NCc2cccc(C(F)(F)C3CCCC3)c2)c(C2OCCO2)c(C(C)F)n1. The number of halogens is 3. The normalized spacial score (nSPS) is 19.1. The molecule has 0 radical (unpaired) electrons. The fraction of sp³-hybridized carbons (Fsp3) is 0.565. The van der Waals surface area contributed by atoms with Crippen LogP contribution in [0.4, 0.5) is 19.0 Å². The maximum absolute atomic E-state index is 15.0. The molecule has 4 rings (SSSR count). The van der Waals surface area contributed by atoms with Crippen molar-refractivity contribution >= 4 is 5.82 Å². The van der Waals surface area contributed by atoms with Gasteiger partial charge in [-0.3, -0.25) is 0 Å². The molecule has 1 aromatic carbocycles. The van der Waals surface area contributed by atoms with Gasteiger partial charge in [0.15, 0.2) is 6.29 Å². The van der Waals surface area contributed by atoms with Gasteiger partial charge in [-0.05, 0) is 38.3 Å². The van der Waals surface area contributed by atoms with Crippen molar-refractivity contribution in [2.24, 2.45) is 5.92 Å². The minimum Gasteiger partial charge on any atom is -0.365 e.